The molecule has 36 heavy (non-hydrogen) atoms. The maximum Gasteiger partial charge on any atom is 0.175 e. The molecular weight excluding hydrogens is 475 g/mol. The van der Waals surface area contributed by atoms with E-state index >= 15 is 4.39 Å². The lowest BCUT2D eigenvalue weighted by Crippen LogP contribution is -2.53. The van der Waals surface area contributed by atoms with Crippen molar-refractivity contribution in [1.29, 1.82) is 0 Å². The Morgan fingerprint density at radius 3 is 2.44 bits per heavy atom. The number of likely N-dealkylation sites (tertiary alicyclic amines) is 1. The first-order valence-electron chi connectivity index (χ1n) is 13.1. The van der Waals surface area contributed by atoms with Crippen LogP contribution in [-0.2, 0) is 16.9 Å². The van der Waals surface area contributed by atoms with E-state index in [1.54, 1.807) is 41.9 Å². The molecule has 2 saturated heterocycles. The van der Waals surface area contributed by atoms with Gasteiger partial charge >= 0.3 is 0 Å². The summed E-state index contributed by atoms with van der Waals surface area (Å²) in [5.74, 6) is 0.707. The molecule has 2 aliphatic heterocycles. The lowest BCUT2D eigenvalue weighted by atomic mass is 9.86. The molecule has 2 aromatic carbocycles. The molecule has 0 aliphatic carbocycles. The minimum Gasteiger partial charge on any atom is -0.325 e. The molecule has 6 nitrogen and oxygen atoms in total. The Morgan fingerprint density at radius 1 is 1.11 bits per heavy atom. The zero-order valence-corrected chi connectivity index (χ0v) is 22.5. The molecule has 0 saturated carbocycles. The van der Waals surface area contributed by atoms with Crippen LogP contribution >= 0.6 is 0 Å². The molecule has 194 valence electrons. The van der Waals surface area contributed by atoms with Gasteiger partial charge < -0.3 is 14.8 Å². The number of nitrogens with zero attached hydrogens (tertiary/aromatic N) is 3. The maximum atomic E-state index is 15.3. The van der Waals surface area contributed by atoms with E-state index in [2.05, 4.69) is 24.1 Å². The summed E-state index contributed by atoms with van der Waals surface area (Å²) in [6, 6.07) is 12.2. The summed E-state index contributed by atoms with van der Waals surface area (Å²) in [5, 5.41) is 3.72. The Hall–Kier alpha value is -2.29. The molecule has 0 spiro atoms. The van der Waals surface area contributed by atoms with Crippen molar-refractivity contribution in [2.45, 2.75) is 74.9 Å². The van der Waals surface area contributed by atoms with Gasteiger partial charge in [-0.15, -0.1) is 0 Å². The van der Waals surface area contributed by atoms with Crippen molar-refractivity contribution in [3.8, 4) is 11.4 Å². The molecule has 2 aliphatic rings. The number of piperidine rings is 2. The zero-order chi connectivity index (χ0) is 25.6. The van der Waals surface area contributed by atoms with Crippen molar-refractivity contribution in [1.82, 2.24) is 19.8 Å². The van der Waals surface area contributed by atoms with Crippen LogP contribution in [0.5, 0.6) is 0 Å². The SMILES string of the molecule is CCC1CC(N2CCC(c3cc(F)c4c(c3)nc(-c3ccc(S(C)(=O)=O)cc3)n4C)CC2)CC(C)N1. The number of hydrogen-bond donors (Lipinski definition) is 1. The van der Waals surface area contributed by atoms with Crippen LogP contribution in [-0.4, -0.2) is 60.3 Å². The van der Waals surface area contributed by atoms with Gasteiger partial charge in [0.2, 0.25) is 0 Å². The minimum atomic E-state index is -3.27. The van der Waals surface area contributed by atoms with Gasteiger partial charge in [0.05, 0.1) is 10.4 Å². The monoisotopic (exact) mass is 512 g/mol. The first-order chi connectivity index (χ1) is 17.1. The Labute approximate surface area is 213 Å². The summed E-state index contributed by atoms with van der Waals surface area (Å²) in [4.78, 5) is 7.68. The lowest BCUT2D eigenvalue weighted by molar-refractivity contribution is 0.0983. The molecule has 1 aromatic heterocycles. The molecule has 5 rings (SSSR count). The second-order valence-electron chi connectivity index (χ2n) is 10.8. The Bertz CT molecular complexity index is 1340. The van der Waals surface area contributed by atoms with E-state index < -0.39 is 9.84 Å². The first kappa shape index (κ1) is 25.4. The predicted molar refractivity (Wildman–Crippen MR) is 142 cm³/mol. The van der Waals surface area contributed by atoms with Gasteiger partial charge in [-0.1, -0.05) is 6.92 Å². The fraction of sp³-hybridized carbons (Fsp3) is 0.536. The number of imidazole rings is 1. The van der Waals surface area contributed by atoms with E-state index in [0.717, 1.165) is 37.1 Å². The Kier molecular flexibility index (Phi) is 6.96. The number of sulfone groups is 1. The highest BCUT2D eigenvalue weighted by Crippen LogP contribution is 2.35. The molecule has 0 radical (unpaired) electrons. The fourth-order valence-corrected chi connectivity index (χ4v) is 6.84. The number of halogens is 1. The summed E-state index contributed by atoms with van der Waals surface area (Å²) >= 11 is 0. The first-order valence-corrected chi connectivity index (χ1v) is 15.0. The number of nitrogens with one attached hydrogen (secondary N) is 1. The fourth-order valence-electron chi connectivity index (χ4n) is 6.21. The average Bonchev–Trinajstić information content (AvgIpc) is 3.20. The van der Waals surface area contributed by atoms with E-state index in [1.807, 2.05) is 6.07 Å². The number of benzene rings is 2. The van der Waals surface area contributed by atoms with Gasteiger partial charge in [-0.25, -0.2) is 17.8 Å². The number of aromatic nitrogens is 2. The van der Waals surface area contributed by atoms with Crippen LogP contribution in [0, 0.1) is 5.82 Å². The van der Waals surface area contributed by atoms with E-state index in [9.17, 15) is 8.42 Å². The number of hydrogen-bond acceptors (Lipinski definition) is 5. The lowest BCUT2D eigenvalue weighted by Gasteiger charge is -2.43. The highest BCUT2D eigenvalue weighted by Gasteiger charge is 2.32. The molecule has 1 N–H and O–H groups in total. The van der Waals surface area contributed by atoms with Gasteiger partial charge in [0.25, 0.3) is 0 Å². The average molecular weight is 513 g/mol. The third-order valence-electron chi connectivity index (χ3n) is 8.20. The Morgan fingerprint density at radius 2 is 1.81 bits per heavy atom. The van der Waals surface area contributed by atoms with Crippen LogP contribution in [0.2, 0.25) is 0 Å². The standard InChI is InChI=1S/C28H37FN4O2S/c1-5-22-17-23(14-18(2)30-22)33-12-10-19(11-13-33)21-15-25(29)27-26(16-21)31-28(32(27)3)20-6-8-24(9-7-20)36(4,34)35/h6-9,15-16,18-19,22-23,30H,5,10-14,17H2,1-4H3. The number of fused-ring (bicyclic) bond motifs is 1. The van der Waals surface area contributed by atoms with Crippen LogP contribution in [0.15, 0.2) is 41.3 Å². The van der Waals surface area contributed by atoms with Crippen LogP contribution in [0.4, 0.5) is 4.39 Å². The van der Waals surface area contributed by atoms with E-state index in [1.165, 1.54) is 25.5 Å². The van der Waals surface area contributed by atoms with Crippen LogP contribution in [0.25, 0.3) is 22.4 Å². The smallest absolute Gasteiger partial charge is 0.175 e. The largest absolute Gasteiger partial charge is 0.325 e. The van der Waals surface area contributed by atoms with Crippen LogP contribution in [0.3, 0.4) is 0 Å². The molecule has 3 aromatic rings. The quantitative estimate of drug-likeness (QED) is 0.528. The van der Waals surface area contributed by atoms with Gasteiger partial charge in [0, 0.05) is 37.0 Å². The third-order valence-corrected chi connectivity index (χ3v) is 9.33. The summed E-state index contributed by atoms with van der Waals surface area (Å²) < 4.78 is 40.7. The third kappa shape index (κ3) is 4.95. The second kappa shape index (κ2) is 9.88. The highest BCUT2D eigenvalue weighted by molar-refractivity contribution is 7.90. The summed E-state index contributed by atoms with van der Waals surface area (Å²) in [6.45, 7) is 6.66. The molecule has 3 heterocycles. The van der Waals surface area contributed by atoms with E-state index in [0.29, 0.717) is 40.9 Å². The summed E-state index contributed by atoms with van der Waals surface area (Å²) in [5.41, 5.74) is 2.92. The number of rotatable bonds is 5. The van der Waals surface area contributed by atoms with Gasteiger partial charge in [0.1, 0.15) is 17.2 Å². The summed E-state index contributed by atoms with van der Waals surface area (Å²) in [6.07, 6.45) is 6.84. The zero-order valence-electron chi connectivity index (χ0n) is 21.7. The second-order valence-corrected chi connectivity index (χ2v) is 12.8. The van der Waals surface area contributed by atoms with Crippen molar-refractivity contribution in [2.24, 2.45) is 7.05 Å². The molecule has 3 unspecified atom stereocenters. The van der Waals surface area contributed by atoms with Gasteiger partial charge in [-0.05, 0) is 100.0 Å². The number of aryl methyl sites for hydroxylation is 1. The van der Waals surface area contributed by atoms with Gasteiger partial charge in [-0.3, -0.25) is 0 Å². The van der Waals surface area contributed by atoms with Crippen LogP contribution in [0.1, 0.15) is 57.4 Å². The topological polar surface area (TPSA) is 67.2 Å². The molecule has 0 bridgehead atoms. The molecule has 2 fully saturated rings. The van der Waals surface area contributed by atoms with Crippen molar-refractivity contribution < 1.29 is 12.8 Å². The van der Waals surface area contributed by atoms with Crippen molar-refractivity contribution in [3.05, 3.63) is 47.8 Å². The highest BCUT2D eigenvalue weighted by atomic mass is 32.2. The predicted octanol–water partition coefficient (Wildman–Crippen LogP) is 4.88. The molecular formula is C28H37FN4O2S. The normalized spacial score (nSPS) is 24.4. The Balaban J connectivity index is 1.35. The van der Waals surface area contributed by atoms with Gasteiger partial charge in [-0.2, -0.15) is 0 Å². The van der Waals surface area contributed by atoms with Crippen molar-refractivity contribution in [3.63, 3.8) is 0 Å². The molecule has 3 atom stereocenters. The van der Waals surface area contributed by atoms with E-state index in [-0.39, 0.29) is 10.7 Å². The van der Waals surface area contributed by atoms with E-state index in [4.69, 9.17) is 4.98 Å². The molecule has 0 amide bonds. The maximum absolute atomic E-state index is 15.3. The van der Waals surface area contributed by atoms with Gasteiger partial charge in [0.15, 0.2) is 9.84 Å². The van der Waals surface area contributed by atoms with Crippen molar-refractivity contribution in [2.75, 3.05) is 19.3 Å². The summed E-state index contributed by atoms with van der Waals surface area (Å²) in [7, 11) is -1.47. The molecule has 8 heteroatoms. The van der Waals surface area contributed by atoms with Crippen molar-refractivity contribution >= 4 is 20.9 Å². The van der Waals surface area contributed by atoms with Crippen LogP contribution < -0.4 is 5.32 Å². The minimum absolute atomic E-state index is 0.253.